The first-order valence-corrected chi connectivity index (χ1v) is 6.61. The number of anilines is 1. The number of pyridine rings is 1. The van der Waals surface area contributed by atoms with E-state index in [0.717, 1.165) is 30.4 Å². The van der Waals surface area contributed by atoms with E-state index < -0.39 is 0 Å². The zero-order chi connectivity index (χ0) is 11.5. The third kappa shape index (κ3) is 2.44. The monoisotopic (exact) mass is 258 g/mol. The summed E-state index contributed by atoms with van der Waals surface area (Å²) in [6.07, 6.45) is 4.21. The molecule has 0 aliphatic carbocycles. The molecule has 0 spiro atoms. The lowest BCUT2D eigenvalue weighted by atomic mass is 10.1. The van der Waals surface area contributed by atoms with Gasteiger partial charge in [-0.15, -0.1) is 11.6 Å². The van der Waals surface area contributed by atoms with Crippen LogP contribution in [0.5, 0.6) is 0 Å². The highest BCUT2D eigenvalue weighted by molar-refractivity contribution is 6.32. The molecule has 2 nitrogen and oxygen atoms in total. The SMILES string of the molecule is CCC1CCN(c2cc(CCl)c(Cl)cn2)C1. The largest absolute Gasteiger partial charge is 0.356 e. The molecule has 2 heterocycles. The Labute approximate surface area is 107 Å². The van der Waals surface area contributed by atoms with E-state index in [0.29, 0.717) is 10.9 Å². The summed E-state index contributed by atoms with van der Waals surface area (Å²) in [5.74, 6) is 2.26. The minimum Gasteiger partial charge on any atom is -0.356 e. The van der Waals surface area contributed by atoms with Crippen molar-refractivity contribution in [3.05, 3.63) is 22.8 Å². The lowest BCUT2D eigenvalue weighted by molar-refractivity contribution is 0.568. The van der Waals surface area contributed by atoms with Gasteiger partial charge in [-0.25, -0.2) is 4.98 Å². The molecule has 1 fully saturated rings. The highest BCUT2D eigenvalue weighted by atomic mass is 35.5. The first kappa shape index (κ1) is 12.0. The van der Waals surface area contributed by atoms with Gasteiger partial charge in [0.1, 0.15) is 5.82 Å². The quantitative estimate of drug-likeness (QED) is 0.769. The number of hydrogen-bond acceptors (Lipinski definition) is 2. The zero-order valence-corrected chi connectivity index (χ0v) is 10.9. The highest BCUT2D eigenvalue weighted by Crippen LogP contribution is 2.27. The van der Waals surface area contributed by atoms with Crippen LogP contribution in [0.1, 0.15) is 25.3 Å². The van der Waals surface area contributed by atoms with Crippen LogP contribution in [0.2, 0.25) is 5.02 Å². The fraction of sp³-hybridized carbons (Fsp3) is 0.583. The minimum absolute atomic E-state index is 0.444. The van der Waals surface area contributed by atoms with Gasteiger partial charge in [-0.1, -0.05) is 24.9 Å². The number of hydrogen-bond donors (Lipinski definition) is 0. The molecule has 1 aromatic heterocycles. The van der Waals surface area contributed by atoms with Crippen LogP contribution in [0.15, 0.2) is 12.3 Å². The van der Waals surface area contributed by atoms with Gasteiger partial charge in [0.25, 0.3) is 0 Å². The van der Waals surface area contributed by atoms with Crippen LogP contribution in [-0.4, -0.2) is 18.1 Å². The van der Waals surface area contributed by atoms with Crippen LogP contribution in [-0.2, 0) is 5.88 Å². The van der Waals surface area contributed by atoms with Gasteiger partial charge in [-0.3, -0.25) is 0 Å². The van der Waals surface area contributed by atoms with Gasteiger partial charge in [-0.2, -0.15) is 0 Å². The normalized spacial score (nSPS) is 20.4. The molecule has 0 N–H and O–H groups in total. The standard InChI is InChI=1S/C12H16Cl2N2/c1-2-9-3-4-16(8-9)12-5-10(6-13)11(14)7-15-12/h5,7,9H,2-4,6,8H2,1H3. The first-order chi connectivity index (χ1) is 7.74. The van der Waals surface area contributed by atoms with Gasteiger partial charge in [0.2, 0.25) is 0 Å². The van der Waals surface area contributed by atoms with Crippen molar-refractivity contribution < 1.29 is 0 Å². The fourth-order valence-corrected chi connectivity index (χ4v) is 2.58. The van der Waals surface area contributed by atoms with Gasteiger partial charge in [0, 0.05) is 25.2 Å². The van der Waals surface area contributed by atoms with Crippen LogP contribution < -0.4 is 4.90 Å². The maximum atomic E-state index is 5.99. The second-order valence-electron chi connectivity index (χ2n) is 4.28. The van der Waals surface area contributed by atoms with Crippen LogP contribution in [0, 0.1) is 5.92 Å². The van der Waals surface area contributed by atoms with Gasteiger partial charge >= 0.3 is 0 Å². The first-order valence-electron chi connectivity index (χ1n) is 5.70. The molecule has 0 radical (unpaired) electrons. The summed E-state index contributed by atoms with van der Waals surface area (Å²) in [5, 5.41) is 0.657. The fourth-order valence-electron chi connectivity index (χ4n) is 2.12. The summed E-state index contributed by atoms with van der Waals surface area (Å²) in [4.78, 5) is 6.69. The van der Waals surface area contributed by atoms with E-state index >= 15 is 0 Å². The molecular weight excluding hydrogens is 243 g/mol. The number of halogens is 2. The second-order valence-corrected chi connectivity index (χ2v) is 4.95. The Morgan fingerprint density at radius 1 is 1.56 bits per heavy atom. The van der Waals surface area contributed by atoms with Crippen molar-refractivity contribution in [3.63, 3.8) is 0 Å². The second kappa shape index (κ2) is 5.24. The van der Waals surface area contributed by atoms with Crippen molar-refractivity contribution in [2.75, 3.05) is 18.0 Å². The molecular formula is C12H16Cl2N2. The Balaban J connectivity index is 2.15. The Bertz CT molecular complexity index is 368. The third-order valence-electron chi connectivity index (χ3n) is 3.25. The Morgan fingerprint density at radius 3 is 3.00 bits per heavy atom. The average molecular weight is 259 g/mol. The molecule has 16 heavy (non-hydrogen) atoms. The Hall–Kier alpha value is -0.470. The smallest absolute Gasteiger partial charge is 0.128 e. The molecule has 1 atom stereocenters. The average Bonchev–Trinajstić information content (AvgIpc) is 2.78. The number of nitrogens with zero attached hydrogens (tertiary/aromatic N) is 2. The third-order valence-corrected chi connectivity index (χ3v) is 3.88. The molecule has 0 aromatic carbocycles. The van der Waals surface area contributed by atoms with Crippen LogP contribution in [0.4, 0.5) is 5.82 Å². The van der Waals surface area contributed by atoms with E-state index in [1.165, 1.54) is 12.8 Å². The van der Waals surface area contributed by atoms with Gasteiger partial charge in [0.05, 0.1) is 5.02 Å². The molecule has 2 rings (SSSR count). The summed E-state index contributed by atoms with van der Waals surface area (Å²) in [7, 11) is 0. The lowest BCUT2D eigenvalue weighted by Crippen LogP contribution is -2.20. The van der Waals surface area contributed by atoms with E-state index in [2.05, 4.69) is 16.8 Å². The van der Waals surface area contributed by atoms with Crippen molar-refractivity contribution in [1.29, 1.82) is 0 Å². The van der Waals surface area contributed by atoms with E-state index in [-0.39, 0.29) is 0 Å². The van der Waals surface area contributed by atoms with E-state index in [1.807, 2.05) is 6.07 Å². The molecule has 1 aromatic rings. The van der Waals surface area contributed by atoms with Crippen LogP contribution >= 0.6 is 23.2 Å². The molecule has 1 aliphatic heterocycles. The molecule has 1 aliphatic rings. The van der Waals surface area contributed by atoms with Gasteiger partial charge < -0.3 is 4.90 Å². The van der Waals surface area contributed by atoms with E-state index in [9.17, 15) is 0 Å². The van der Waals surface area contributed by atoms with Crippen molar-refractivity contribution in [3.8, 4) is 0 Å². The van der Waals surface area contributed by atoms with Gasteiger partial charge in [0.15, 0.2) is 0 Å². The van der Waals surface area contributed by atoms with Crippen LogP contribution in [0.25, 0.3) is 0 Å². The van der Waals surface area contributed by atoms with Crippen molar-refractivity contribution in [1.82, 2.24) is 4.98 Å². The maximum absolute atomic E-state index is 5.99. The topological polar surface area (TPSA) is 16.1 Å². The molecule has 4 heteroatoms. The van der Waals surface area contributed by atoms with Crippen molar-refractivity contribution >= 4 is 29.0 Å². The molecule has 0 amide bonds. The minimum atomic E-state index is 0.444. The molecule has 1 unspecified atom stereocenters. The zero-order valence-electron chi connectivity index (χ0n) is 9.42. The van der Waals surface area contributed by atoms with E-state index in [1.54, 1.807) is 6.20 Å². The predicted octanol–water partition coefficient (Wildman–Crippen LogP) is 3.71. The summed E-state index contributed by atoms with van der Waals surface area (Å²) >= 11 is 11.8. The lowest BCUT2D eigenvalue weighted by Gasteiger charge is -2.18. The Kier molecular flexibility index (Phi) is 3.93. The molecule has 0 saturated carbocycles. The number of alkyl halides is 1. The highest BCUT2D eigenvalue weighted by Gasteiger charge is 2.22. The van der Waals surface area contributed by atoms with Crippen molar-refractivity contribution in [2.24, 2.45) is 5.92 Å². The van der Waals surface area contributed by atoms with Gasteiger partial charge in [-0.05, 0) is 24.0 Å². The summed E-state index contributed by atoms with van der Waals surface area (Å²) in [6, 6.07) is 2.01. The maximum Gasteiger partial charge on any atom is 0.128 e. The molecule has 88 valence electrons. The summed E-state index contributed by atoms with van der Waals surface area (Å²) in [6.45, 7) is 4.44. The summed E-state index contributed by atoms with van der Waals surface area (Å²) < 4.78 is 0. The van der Waals surface area contributed by atoms with Crippen LogP contribution in [0.3, 0.4) is 0 Å². The predicted molar refractivity (Wildman–Crippen MR) is 69.4 cm³/mol. The van der Waals surface area contributed by atoms with Crippen molar-refractivity contribution in [2.45, 2.75) is 25.6 Å². The molecule has 1 saturated heterocycles. The number of aromatic nitrogens is 1. The summed E-state index contributed by atoms with van der Waals surface area (Å²) in [5.41, 5.74) is 0.966. The Morgan fingerprint density at radius 2 is 2.38 bits per heavy atom. The number of rotatable bonds is 3. The molecule has 0 bridgehead atoms. The van der Waals surface area contributed by atoms with E-state index in [4.69, 9.17) is 23.2 Å².